The fourth-order valence-electron chi connectivity index (χ4n) is 7.10. The Bertz CT molecular complexity index is 1710. The van der Waals surface area contributed by atoms with Crippen LogP contribution in [0.4, 0.5) is 15.9 Å². The molecule has 1 aliphatic carbocycles. The molecule has 46 heavy (non-hydrogen) atoms. The third-order valence-electron chi connectivity index (χ3n) is 9.75. The molecule has 1 unspecified atom stereocenters. The summed E-state index contributed by atoms with van der Waals surface area (Å²) in [6, 6.07) is 11.9. The number of hydrogen-bond acceptors (Lipinski definition) is 9. The normalized spacial score (nSPS) is 23.0. The number of carbonyl (C=O) groups is 1. The predicted octanol–water partition coefficient (Wildman–Crippen LogP) is 4.34. The van der Waals surface area contributed by atoms with Crippen LogP contribution in [0.25, 0.3) is 10.8 Å². The van der Waals surface area contributed by atoms with Gasteiger partial charge < -0.3 is 24.2 Å². The van der Waals surface area contributed by atoms with Gasteiger partial charge in [0, 0.05) is 48.9 Å². The van der Waals surface area contributed by atoms with E-state index in [0.29, 0.717) is 63.8 Å². The highest BCUT2D eigenvalue weighted by atomic mass is 35.5. The first-order valence-electron chi connectivity index (χ1n) is 15.9. The predicted molar refractivity (Wildman–Crippen MR) is 174 cm³/mol. The summed E-state index contributed by atoms with van der Waals surface area (Å²) in [5.41, 5.74) is 2.68. The maximum atomic E-state index is 14.6. The Morgan fingerprint density at radius 1 is 1.22 bits per heavy atom. The first kappa shape index (κ1) is 30.7. The molecule has 1 saturated carbocycles. The molecule has 3 atom stereocenters. The second-order valence-electron chi connectivity index (χ2n) is 12.5. The molecule has 12 heteroatoms. The average Bonchev–Trinajstić information content (AvgIpc) is 3.83. The number of ether oxygens (including phenoxy) is 2. The summed E-state index contributed by atoms with van der Waals surface area (Å²) in [4.78, 5) is 31.0. The fraction of sp³-hybridized carbons (Fsp3) is 0.471. The number of nitriles is 1. The Morgan fingerprint density at radius 2 is 2.07 bits per heavy atom. The number of hydrogen-bond donors (Lipinski definition) is 0. The SMILES string of the molecule is C=CC(=O)N1CCN(c2nc(O[C@@H]3COC[C@H]3N(C)C3CC3)nc3c2CCN(c2cccc4ccc(F)c(Cl)c24)C3)CC1CC#N. The van der Waals surface area contributed by atoms with E-state index in [1.165, 1.54) is 25.0 Å². The molecule has 3 aromatic rings. The molecule has 0 radical (unpaired) electrons. The van der Waals surface area contributed by atoms with Crippen LogP contribution in [0.5, 0.6) is 6.01 Å². The Kier molecular flexibility index (Phi) is 8.44. The highest BCUT2D eigenvalue weighted by molar-refractivity contribution is 6.36. The van der Waals surface area contributed by atoms with Crippen LogP contribution in [0.3, 0.4) is 0 Å². The summed E-state index contributed by atoms with van der Waals surface area (Å²) in [5.74, 6) is 0.132. The molecule has 4 heterocycles. The van der Waals surface area contributed by atoms with Crippen molar-refractivity contribution < 1.29 is 18.7 Å². The van der Waals surface area contributed by atoms with E-state index in [0.717, 1.165) is 28.1 Å². The summed E-state index contributed by atoms with van der Waals surface area (Å²) in [6.07, 6.45) is 4.29. The van der Waals surface area contributed by atoms with E-state index >= 15 is 0 Å². The van der Waals surface area contributed by atoms with Crippen LogP contribution in [0.15, 0.2) is 43.0 Å². The number of amides is 1. The topological polar surface area (TPSA) is 98.1 Å². The first-order valence-corrected chi connectivity index (χ1v) is 16.3. The van der Waals surface area contributed by atoms with E-state index in [1.54, 1.807) is 11.0 Å². The summed E-state index contributed by atoms with van der Waals surface area (Å²) in [5, 5.41) is 11.2. The van der Waals surface area contributed by atoms with E-state index in [-0.39, 0.29) is 41.5 Å². The van der Waals surface area contributed by atoms with Gasteiger partial charge >= 0.3 is 6.01 Å². The molecular formula is C34H37ClFN7O3. The minimum absolute atomic E-state index is 0.105. The molecule has 0 N–H and O–H groups in total. The number of nitrogens with zero attached hydrogens (tertiary/aromatic N) is 7. The van der Waals surface area contributed by atoms with Crippen LogP contribution in [0.2, 0.25) is 5.02 Å². The van der Waals surface area contributed by atoms with Crippen LogP contribution in [-0.4, -0.2) is 96.3 Å². The van der Waals surface area contributed by atoms with Gasteiger partial charge in [0.1, 0.15) is 17.7 Å². The van der Waals surface area contributed by atoms with E-state index < -0.39 is 5.82 Å². The highest BCUT2D eigenvalue weighted by Crippen LogP contribution is 2.39. The number of anilines is 2. The Hall–Kier alpha value is -3.98. The maximum absolute atomic E-state index is 14.6. The zero-order valence-corrected chi connectivity index (χ0v) is 26.6. The molecule has 2 aromatic carbocycles. The quantitative estimate of drug-likeness (QED) is 0.331. The lowest BCUT2D eigenvalue weighted by Gasteiger charge is -2.42. The maximum Gasteiger partial charge on any atom is 0.319 e. The van der Waals surface area contributed by atoms with Gasteiger partial charge in [-0.3, -0.25) is 9.69 Å². The van der Waals surface area contributed by atoms with Gasteiger partial charge in [-0.25, -0.2) is 4.39 Å². The number of halogens is 2. The number of fused-ring (bicyclic) bond motifs is 2. The average molecular weight is 646 g/mol. The lowest BCUT2D eigenvalue weighted by molar-refractivity contribution is -0.128. The van der Waals surface area contributed by atoms with E-state index in [9.17, 15) is 14.4 Å². The van der Waals surface area contributed by atoms with Gasteiger partial charge in [0.25, 0.3) is 0 Å². The van der Waals surface area contributed by atoms with Crippen molar-refractivity contribution in [1.29, 1.82) is 5.26 Å². The fourth-order valence-corrected chi connectivity index (χ4v) is 7.37. The van der Waals surface area contributed by atoms with Gasteiger partial charge in [0.05, 0.1) is 55.0 Å². The number of aromatic nitrogens is 2. The van der Waals surface area contributed by atoms with E-state index in [4.69, 9.17) is 31.0 Å². The number of carbonyl (C=O) groups excluding carboxylic acids is 1. The number of piperazine rings is 1. The van der Waals surface area contributed by atoms with Gasteiger partial charge in [-0.2, -0.15) is 15.2 Å². The monoisotopic (exact) mass is 645 g/mol. The Labute approximate surface area is 272 Å². The third kappa shape index (κ3) is 5.74. The van der Waals surface area contributed by atoms with E-state index in [2.05, 4.69) is 34.4 Å². The summed E-state index contributed by atoms with van der Waals surface area (Å²) in [7, 11) is 2.13. The molecule has 1 aromatic heterocycles. The van der Waals surface area contributed by atoms with Gasteiger partial charge in [-0.1, -0.05) is 36.4 Å². The largest absolute Gasteiger partial charge is 0.456 e. The molecule has 240 valence electrons. The van der Waals surface area contributed by atoms with Crippen molar-refractivity contribution in [3.63, 3.8) is 0 Å². The smallest absolute Gasteiger partial charge is 0.319 e. The standard InChI is InChI=1S/C34H37ClFN7O3/c1-3-30(44)43-16-15-42(17-23(43)11-13-37)33-24-12-14-41(27-6-4-5-21-7-10-25(36)32(35)31(21)27)18-26(24)38-34(39-33)46-29-20-45-19-28(29)40(2)22-8-9-22/h3-7,10,22-23,28-29H,1,8-9,11-12,14-20H2,2H3/t23?,28-,29-/m1/s1. The molecular weight excluding hydrogens is 609 g/mol. The molecule has 0 spiro atoms. The molecule has 3 fully saturated rings. The molecule has 0 bridgehead atoms. The Balaban J connectivity index is 1.24. The molecule has 7 rings (SSSR count). The second-order valence-corrected chi connectivity index (χ2v) is 12.9. The van der Waals surface area contributed by atoms with Crippen LogP contribution in [-0.2, 0) is 22.5 Å². The van der Waals surface area contributed by atoms with Gasteiger partial charge in [-0.05, 0) is 49.9 Å². The second kappa shape index (κ2) is 12.7. The zero-order valence-electron chi connectivity index (χ0n) is 25.9. The first-order chi connectivity index (χ1) is 22.4. The van der Waals surface area contributed by atoms with Crippen molar-refractivity contribution in [2.24, 2.45) is 0 Å². The molecule has 10 nitrogen and oxygen atoms in total. The Morgan fingerprint density at radius 3 is 2.85 bits per heavy atom. The van der Waals surface area contributed by atoms with Crippen molar-refractivity contribution >= 4 is 39.8 Å². The van der Waals surface area contributed by atoms with E-state index in [1.807, 2.05) is 18.2 Å². The van der Waals surface area contributed by atoms with Crippen LogP contribution < -0.4 is 14.5 Å². The lowest BCUT2D eigenvalue weighted by Crippen LogP contribution is -2.55. The van der Waals surface area contributed by atoms with Crippen molar-refractivity contribution in [2.75, 3.05) is 56.2 Å². The molecule has 2 saturated heterocycles. The van der Waals surface area contributed by atoms with Crippen LogP contribution >= 0.6 is 11.6 Å². The summed E-state index contributed by atoms with van der Waals surface area (Å²) < 4.78 is 27.0. The van der Waals surface area contributed by atoms with Crippen molar-refractivity contribution in [1.82, 2.24) is 19.8 Å². The number of likely N-dealkylation sites (N-methyl/N-ethyl adjacent to an activating group) is 1. The summed E-state index contributed by atoms with van der Waals surface area (Å²) >= 11 is 6.52. The number of benzene rings is 2. The van der Waals surface area contributed by atoms with Crippen molar-refractivity contribution in [2.45, 2.75) is 56.5 Å². The zero-order chi connectivity index (χ0) is 31.9. The van der Waals surface area contributed by atoms with Gasteiger partial charge in [-0.15, -0.1) is 0 Å². The van der Waals surface area contributed by atoms with Gasteiger partial charge in [0.15, 0.2) is 0 Å². The third-order valence-corrected chi connectivity index (χ3v) is 10.1. The number of rotatable bonds is 8. The minimum atomic E-state index is -0.454. The highest BCUT2D eigenvalue weighted by Gasteiger charge is 2.41. The van der Waals surface area contributed by atoms with Crippen molar-refractivity contribution in [3.8, 4) is 12.1 Å². The molecule has 4 aliphatic rings. The van der Waals surface area contributed by atoms with Crippen LogP contribution in [0.1, 0.15) is 30.5 Å². The van der Waals surface area contributed by atoms with Crippen LogP contribution in [0, 0.1) is 17.1 Å². The molecule has 3 aliphatic heterocycles. The lowest BCUT2D eigenvalue weighted by atomic mass is 10.0. The molecule has 1 amide bonds. The minimum Gasteiger partial charge on any atom is -0.456 e. The van der Waals surface area contributed by atoms with Gasteiger partial charge in [0.2, 0.25) is 5.91 Å². The van der Waals surface area contributed by atoms with Crippen molar-refractivity contribution in [3.05, 3.63) is 65.1 Å². The summed E-state index contributed by atoms with van der Waals surface area (Å²) in [6.45, 7) is 7.25.